The number of rotatable bonds is 3. The SMILES string of the molecule is Cc1nnc2n1CC(NC(=O)CN1CCCC1=O)CC2. The van der Waals surface area contributed by atoms with Gasteiger partial charge in [-0.3, -0.25) is 9.59 Å². The lowest BCUT2D eigenvalue weighted by Crippen LogP contribution is -2.45. The number of aromatic nitrogens is 3. The third kappa shape index (κ3) is 2.52. The van der Waals surface area contributed by atoms with Gasteiger partial charge in [-0.25, -0.2) is 0 Å². The highest BCUT2D eigenvalue weighted by Crippen LogP contribution is 2.15. The van der Waals surface area contributed by atoms with Crippen molar-refractivity contribution in [3.8, 4) is 0 Å². The van der Waals surface area contributed by atoms with Gasteiger partial charge in [-0.15, -0.1) is 10.2 Å². The van der Waals surface area contributed by atoms with Crippen LogP contribution in [-0.2, 0) is 22.6 Å². The van der Waals surface area contributed by atoms with Crippen molar-refractivity contribution in [1.82, 2.24) is 25.0 Å². The number of fused-ring (bicyclic) bond motifs is 1. The molecule has 0 aliphatic carbocycles. The summed E-state index contributed by atoms with van der Waals surface area (Å²) in [4.78, 5) is 25.1. The van der Waals surface area contributed by atoms with E-state index in [-0.39, 0.29) is 24.4 Å². The molecule has 2 aliphatic heterocycles. The Labute approximate surface area is 117 Å². The summed E-state index contributed by atoms with van der Waals surface area (Å²) < 4.78 is 2.05. The molecule has 0 saturated carbocycles. The van der Waals surface area contributed by atoms with E-state index in [9.17, 15) is 9.59 Å². The first-order chi connectivity index (χ1) is 9.63. The summed E-state index contributed by atoms with van der Waals surface area (Å²) >= 11 is 0. The third-order valence-corrected chi connectivity index (χ3v) is 4.00. The number of nitrogens with one attached hydrogen (secondary N) is 1. The van der Waals surface area contributed by atoms with Gasteiger partial charge in [-0.2, -0.15) is 0 Å². The van der Waals surface area contributed by atoms with Crippen molar-refractivity contribution in [2.45, 2.75) is 45.2 Å². The molecule has 1 aromatic heterocycles. The fourth-order valence-corrected chi connectivity index (χ4v) is 2.90. The lowest BCUT2D eigenvalue weighted by Gasteiger charge is -2.26. The van der Waals surface area contributed by atoms with Crippen LogP contribution >= 0.6 is 0 Å². The van der Waals surface area contributed by atoms with Gasteiger partial charge in [0.2, 0.25) is 11.8 Å². The zero-order chi connectivity index (χ0) is 14.1. The minimum Gasteiger partial charge on any atom is -0.350 e. The molecule has 2 amide bonds. The van der Waals surface area contributed by atoms with Crippen LogP contribution in [0, 0.1) is 6.92 Å². The summed E-state index contributed by atoms with van der Waals surface area (Å²) in [7, 11) is 0. The first-order valence-electron chi connectivity index (χ1n) is 7.09. The molecular weight excluding hydrogens is 258 g/mol. The molecule has 3 rings (SSSR count). The zero-order valence-electron chi connectivity index (χ0n) is 11.6. The molecule has 7 nitrogen and oxygen atoms in total. The molecule has 108 valence electrons. The van der Waals surface area contributed by atoms with E-state index >= 15 is 0 Å². The number of carbonyl (C=O) groups excluding carboxylic acids is 2. The molecule has 1 aromatic rings. The molecule has 1 fully saturated rings. The van der Waals surface area contributed by atoms with Gasteiger partial charge in [0, 0.05) is 32.0 Å². The van der Waals surface area contributed by atoms with Crippen LogP contribution in [0.1, 0.15) is 30.9 Å². The average Bonchev–Trinajstić information content (AvgIpc) is 2.98. The number of hydrogen-bond donors (Lipinski definition) is 1. The van der Waals surface area contributed by atoms with E-state index in [4.69, 9.17) is 0 Å². The van der Waals surface area contributed by atoms with Gasteiger partial charge in [0.25, 0.3) is 0 Å². The van der Waals surface area contributed by atoms with Gasteiger partial charge in [-0.05, 0) is 19.8 Å². The summed E-state index contributed by atoms with van der Waals surface area (Å²) in [6.45, 7) is 3.52. The molecule has 0 aromatic carbocycles. The molecule has 1 atom stereocenters. The summed E-state index contributed by atoms with van der Waals surface area (Å²) in [5.74, 6) is 1.89. The molecule has 1 N–H and O–H groups in total. The second-order valence-corrected chi connectivity index (χ2v) is 5.50. The van der Waals surface area contributed by atoms with Crippen LogP contribution in [0.2, 0.25) is 0 Å². The fraction of sp³-hybridized carbons (Fsp3) is 0.692. The highest BCUT2D eigenvalue weighted by atomic mass is 16.2. The van der Waals surface area contributed by atoms with E-state index in [1.807, 2.05) is 6.92 Å². The van der Waals surface area contributed by atoms with E-state index in [0.717, 1.165) is 30.9 Å². The summed E-state index contributed by atoms with van der Waals surface area (Å²) in [5, 5.41) is 11.2. The maximum absolute atomic E-state index is 12.0. The normalized spacial score (nSPS) is 21.9. The minimum atomic E-state index is -0.0700. The quantitative estimate of drug-likeness (QED) is 0.818. The molecule has 0 radical (unpaired) electrons. The van der Waals surface area contributed by atoms with Gasteiger partial charge in [0.1, 0.15) is 11.6 Å². The monoisotopic (exact) mass is 277 g/mol. The Morgan fingerprint density at radius 3 is 3.00 bits per heavy atom. The van der Waals surface area contributed by atoms with Gasteiger partial charge in [0.15, 0.2) is 0 Å². The maximum Gasteiger partial charge on any atom is 0.239 e. The summed E-state index contributed by atoms with van der Waals surface area (Å²) in [6, 6.07) is 0.0994. The van der Waals surface area contributed by atoms with Gasteiger partial charge in [-0.1, -0.05) is 0 Å². The van der Waals surface area contributed by atoms with E-state index in [1.54, 1.807) is 4.90 Å². The van der Waals surface area contributed by atoms with Crippen molar-refractivity contribution < 1.29 is 9.59 Å². The molecule has 7 heteroatoms. The van der Waals surface area contributed by atoms with Crippen LogP contribution in [0.3, 0.4) is 0 Å². The van der Waals surface area contributed by atoms with Crippen molar-refractivity contribution in [2.24, 2.45) is 0 Å². The van der Waals surface area contributed by atoms with Crippen LogP contribution in [0.15, 0.2) is 0 Å². The van der Waals surface area contributed by atoms with Crippen LogP contribution in [0.4, 0.5) is 0 Å². The molecule has 1 saturated heterocycles. The van der Waals surface area contributed by atoms with E-state index in [1.165, 1.54) is 0 Å². The average molecular weight is 277 g/mol. The highest BCUT2D eigenvalue weighted by Gasteiger charge is 2.26. The Morgan fingerprint density at radius 2 is 2.25 bits per heavy atom. The minimum absolute atomic E-state index is 0.0700. The Kier molecular flexibility index (Phi) is 3.42. The van der Waals surface area contributed by atoms with Crippen LogP contribution in [-0.4, -0.2) is 50.6 Å². The molecular formula is C13H19N5O2. The predicted molar refractivity (Wildman–Crippen MR) is 70.8 cm³/mol. The highest BCUT2D eigenvalue weighted by molar-refractivity contribution is 5.85. The van der Waals surface area contributed by atoms with Crippen molar-refractivity contribution in [2.75, 3.05) is 13.1 Å². The first-order valence-corrected chi connectivity index (χ1v) is 7.09. The maximum atomic E-state index is 12.0. The second-order valence-electron chi connectivity index (χ2n) is 5.50. The zero-order valence-corrected chi connectivity index (χ0v) is 11.6. The molecule has 0 spiro atoms. The molecule has 0 bridgehead atoms. The van der Waals surface area contributed by atoms with E-state index in [2.05, 4.69) is 20.1 Å². The number of likely N-dealkylation sites (tertiary alicyclic amines) is 1. The Bertz CT molecular complexity index is 539. The standard InChI is InChI=1S/C13H19N5O2/c1-9-15-16-11-5-4-10(7-18(9)11)14-12(19)8-17-6-2-3-13(17)20/h10H,2-8H2,1H3,(H,14,19). The topological polar surface area (TPSA) is 80.1 Å². The van der Waals surface area contributed by atoms with Gasteiger partial charge >= 0.3 is 0 Å². The van der Waals surface area contributed by atoms with Crippen LogP contribution in [0.25, 0.3) is 0 Å². The number of aryl methyl sites for hydroxylation is 2. The second kappa shape index (κ2) is 5.22. The number of hydrogen-bond acceptors (Lipinski definition) is 4. The van der Waals surface area contributed by atoms with Crippen LogP contribution < -0.4 is 5.32 Å². The third-order valence-electron chi connectivity index (χ3n) is 4.00. The molecule has 20 heavy (non-hydrogen) atoms. The van der Waals surface area contributed by atoms with Crippen molar-refractivity contribution in [1.29, 1.82) is 0 Å². The smallest absolute Gasteiger partial charge is 0.239 e. The Balaban J connectivity index is 1.55. The predicted octanol–water partition coefficient (Wildman–Crippen LogP) is -0.360. The number of amides is 2. The fourth-order valence-electron chi connectivity index (χ4n) is 2.90. The van der Waals surface area contributed by atoms with E-state index < -0.39 is 0 Å². The molecule has 2 aliphatic rings. The van der Waals surface area contributed by atoms with Crippen molar-refractivity contribution >= 4 is 11.8 Å². The van der Waals surface area contributed by atoms with Gasteiger partial charge in [0.05, 0.1) is 6.54 Å². The first kappa shape index (κ1) is 13.1. The summed E-state index contributed by atoms with van der Waals surface area (Å²) in [6.07, 6.45) is 3.13. The van der Waals surface area contributed by atoms with E-state index in [0.29, 0.717) is 19.5 Å². The summed E-state index contributed by atoms with van der Waals surface area (Å²) in [5.41, 5.74) is 0. The lowest BCUT2D eigenvalue weighted by atomic mass is 10.1. The van der Waals surface area contributed by atoms with Crippen LogP contribution in [0.5, 0.6) is 0 Å². The molecule has 1 unspecified atom stereocenters. The molecule has 3 heterocycles. The Hall–Kier alpha value is -1.92. The number of carbonyl (C=O) groups is 2. The lowest BCUT2D eigenvalue weighted by molar-refractivity contribution is -0.133. The Morgan fingerprint density at radius 1 is 1.40 bits per heavy atom. The van der Waals surface area contributed by atoms with Crippen molar-refractivity contribution in [3.63, 3.8) is 0 Å². The number of nitrogens with zero attached hydrogens (tertiary/aromatic N) is 4. The van der Waals surface area contributed by atoms with Gasteiger partial charge < -0.3 is 14.8 Å². The largest absolute Gasteiger partial charge is 0.350 e. The van der Waals surface area contributed by atoms with Crippen molar-refractivity contribution in [3.05, 3.63) is 11.6 Å².